The molecule has 0 saturated carbocycles. The van der Waals surface area contributed by atoms with E-state index in [1.54, 1.807) is 0 Å². The second kappa shape index (κ2) is 6.62. The van der Waals surface area contributed by atoms with E-state index in [1.807, 2.05) is 0 Å². The van der Waals surface area contributed by atoms with Crippen LogP contribution < -0.4 is 0 Å². The molecule has 15 heavy (non-hydrogen) atoms. The van der Waals surface area contributed by atoms with E-state index in [9.17, 15) is 0 Å². The van der Waals surface area contributed by atoms with Crippen molar-refractivity contribution in [3.63, 3.8) is 0 Å². The average Bonchev–Trinajstić information content (AvgIpc) is 2.23. The van der Waals surface area contributed by atoms with E-state index in [0.29, 0.717) is 6.10 Å². The van der Waals surface area contributed by atoms with Gasteiger partial charge >= 0.3 is 0 Å². The van der Waals surface area contributed by atoms with Crippen molar-refractivity contribution in [3.05, 3.63) is 35.4 Å². The Kier molecular flexibility index (Phi) is 5.41. The molecule has 1 unspecified atom stereocenters. The highest BCUT2D eigenvalue weighted by Crippen LogP contribution is 2.09. The normalized spacial score (nSPS) is 12.7. The quantitative estimate of drug-likeness (QED) is 0.681. The fraction of sp³-hybridized carbons (Fsp3) is 0.571. The molecule has 1 heteroatoms. The minimum Gasteiger partial charge on any atom is -0.374 e. The van der Waals surface area contributed by atoms with Gasteiger partial charge in [0.15, 0.2) is 0 Å². The molecular weight excluding hydrogens is 184 g/mol. The van der Waals surface area contributed by atoms with Gasteiger partial charge in [-0.15, -0.1) is 0 Å². The lowest BCUT2D eigenvalue weighted by Crippen LogP contribution is -2.07. The summed E-state index contributed by atoms with van der Waals surface area (Å²) < 4.78 is 5.79. The highest BCUT2D eigenvalue weighted by atomic mass is 16.5. The second-order valence-electron chi connectivity index (χ2n) is 4.25. The first kappa shape index (κ1) is 12.3. The van der Waals surface area contributed by atoms with Crippen LogP contribution >= 0.6 is 0 Å². The van der Waals surface area contributed by atoms with Crippen LogP contribution in [0.3, 0.4) is 0 Å². The van der Waals surface area contributed by atoms with Crippen molar-refractivity contribution in [1.29, 1.82) is 0 Å². The Labute approximate surface area is 93.5 Å². The Hall–Kier alpha value is -0.820. The standard InChI is InChI=1S/C14H22O/c1-4-5-8-13(3)15-11-14-9-6-7-12(2)10-14/h6-7,9-10,13H,4-5,8,11H2,1-3H3. The molecule has 0 saturated heterocycles. The largest absolute Gasteiger partial charge is 0.374 e. The van der Waals surface area contributed by atoms with Crippen LogP contribution in [0, 0.1) is 6.92 Å². The third kappa shape index (κ3) is 4.98. The smallest absolute Gasteiger partial charge is 0.0720 e. The summed E-state index contributed by atoms with van der Waals surface area (Å²) in [5.74, 6) is 0. The minimum absolute atomic E-state index is 0.380. The van der Waals surface area contributed by atoms with E-state index in [2.05, 4.69) is 45.0 Å². The number of rotatable bonds is 6. The summed E-state index contributed by atoms with van der Waals surface area (Å²) in [7, 11) is 0. The number of hydrogen-bond acceptors (Lipinski definition) is 1. The number of ether oxygens (including phenoxy) is 1. The van der Waals surface area contributed by atoms with Crippen molar-refractivity contribution >= 4 is 0 Å². The predicted octanol–water partition coefficient (Wildman–Crippen LogP) is 4.09. The lowest BCUT2D eigenvalue weighted by molar-refractivity contribution is 0.0462. The summed E-state index contributed by atoms with van der Waals surface area (Å²) in [6.07, 6.45) is 4.06. The minimum atomic E-state index is 0.380. The van der Waals surface area contributed by atoms with Gasteiger partial charge in [0.25, 0.3) is 0 Å². The van der Waals surface area contributed by atoms with E-state index in [0.717, 1.165) is 6.61 Å². The first-order chi connectivity index (χ1) is 7.22. The zero-order valence-electron chi connectivity index (χ0n) is 10.1. The molecule has 0 fully saturated rings. The van der Waals surface area contributed by atoms with Gasteiger partial charge in [0.05, 0.1) is 12.7 Å². The maximum absolute atomic E-state index is 5.79. The van der Waals surface area contributed by atoms with Crippen LogP contribution in [0.5, 0.6) is 0 Å². The highest BCUT2D eigenvalue weighted by molar-refractivity contribution is 5.21. The monoisotopic (exact) mass is 206 g/mol. The average molecular weight is 206 g/mol. The molecule has 0 bridgehead atoms. The molecule has 0 heterocycles. The summed E-state index contributed by atoms with van der Waals surface area (Å²) in [6.45, 7) is 7.23. The third-order valence-corrected chi connectivity index (χ3v) is 2.58. The number of aryl methyl sites for hydroxylation is 1. The molecule has 0 aliphatic carbocycles. The molecule has 1 atom stereocenters. The van der Waals surface area contributed by atoms with Crippen molar-refractivity contribution in [2.75, 3.05) is 0 Å². The molecular formula is C14H22O. The van der Waals surface area contributed by atoms with Crippen molar-refractivity contribution in [3.8, 4) is 0 Å². The molecule has 0 N–H and O–H groups in total. The van der Waals surface area contributed by atoms with Gasteiger partial charge in [-0.2, -0.15) is 0 Å². The van der Waals surface area contributed by atoms with Crippen LogP contribution in [0.2, 0.25) is 0 Å². The van der Waals surface area contributed by atoms with Crippen molar-refractivity contribution in [2.24, 2.45) is 0 Å². The molecule has 1 aromatic rings. The van der Waals surface area contributed by atoms with E-state index < -0.39 is 0 Å². The number of unbranched alkanes of at least 4 members (excludes halogenated alkanes) is 1. The topological polar surface area (TPSA) is 9.23 Å². The second-order valence-corrected chi connectivity index (χ2v) is 4.25. The van der Waals surface area contributed by atoms with Gasteiger partial charge in [0.1, 0.15) is 0 Å². The Morgan fingerprint density at radius 2 is 2.13 bits per heavy atom. The van der Waals surface area contributed by atoms with Crippen LogP contribution in [-0.4, -0.2) is 6.10 Å². The molecule has 1 rings (SSSR count). The van der Waals surface area contributed by atoms with E-state index in [4.69, 9.17) is 4.74 Å². The maximum Gasteiger partial charge on any atom is 0.0720 e. The fourth-order valence-electron chi connectivity index (χ4n) is 1.62. The van der Waals surface area contributed by atoms with Gasteiger partial charge in [-0.25, -0.2) is 0 Å². The predicted molar refractivity (Wildman–Crippen MR) is 65.0 cm³/mol. The van der Waals surface area contributed by atoms with Crippen LogP contribution in [-0.2, 0) is 11.3 Å². The highest BCUT2D eigenvalue weighted by Gasteiger charge is 2.01. The summed E-state index contributed by atoms with van der Waals surface area (Å²) in [5.41, 5.74) is 2.58. The molecule has 0 aliphatic heterocycles. The van der Waals surface area contributed by atoms with Gasteiger partial charge in [-0.3, -0.25) is 0 Å². The Morgan fingerprint density at radius 1 is 1.33 bits per heavy atom. The maximum atomic E-state index is 5.79. The van der Waals surface area contributed by atoms with Crippen LogP contribution in [0.15, 0.2) is 24.3 Å². The molecule has 0 aromatic heterocycles. The van der Waals surface area contributed by atoms with Crippen molar-refractivity contribution < 1.29 is 4.74 Å². The summed E-state index contributed by atoms with van der Waals surface area (Å²) in [6, 6.07) is 8.51. The zero-order chi connectivity index (χ0) is 11.1. The SMILES string of the molecule is CCCCC(C)OCc1cccc(C)c1. The first-order valence-electron chi connectivity index (χ1n) is 5.89. The summed E-state index contributed by atoms with van der Waals surface area (Å²) >= 11 is 0. The van der Waals surface area contributed by atoms with Gasteiger partial charge in [0.2, 0.25) is 0 Å². The lowest BCUT2D eigenvalue weighted by atomic mass is 10.1. The Morgan fingerprint density at radius 3 is 2.80 bits per heavy atom. The molecule has 1 nitrogen and oxygen atoms in total. The van der Waals surface area contributed by atoms with Gasteiger partial charge in [0, 0.05) is 0 Å². The lowest BCUT2D eigenvalue weighted by Gasteiger charge is -2.12. The molecule has 0 aliphatic rings. The van der Waals surface area contributed by atoms with E-state index in [-0.39, 0.29) is 0 Å². The Balaban J connectivity index is 2.30. The van der Waals surface area contributed by atoms with Crippen LogP contribution in [0.1, 0.15) is 44.2 Å². The van der Waals surface area contributed by atoms with Crippen LogP contribution in [0.4, 0.5) is 0 Å². The number of benzene rings is 1. The molecule has 0 spiro atoms. The van der Waals surface area contributed by atoms with Gasteiger partial charge < -0.3 is 4.74 Å². The summed E-state index contributed by atoms with van der Waals surface area (Å²) in [4.78, 5) is 0. The Bertz CT molecular complexity index is 280. The fourth-order valence-corrected chi connectivity index (χ4v) is 1.62. The molecule has 0 radical (unpaired) electrons. The number of hydrogen-bond donors (Lipinski definition) is 0. The summed E-state index contributed by atoms with van der Waals surface area (Å²) in [5, 5.41) is 0. The third-order valence-electron chi connectivity index (χ3n) is 2.58. The van der Waals surface area contributed by atoms with Crippen molar-refractivity contribution in [2.45, 2.75) is 52.7 Å². The molecule has 84 valence electrons. The van der Waals surface area contributed by atoms with E-state index in [1.165, 1.54) is 30.4 Å². The molecule has 0 amide bonds. The molecule has 1 aromatic carbocycles. The van der Waals surface area contributed by atoms with Crippen LogP contribution in [0.25, 0.3) is 0 Å². The first-order valence-corrected chi connectivity index (χ1v) is 5.89. The van der Waals surface area contributed by atoms with Crippen molar-refractivity contribution in [1.82, 2.24) is 0 Å². The van der Waals surface area contributed by atoms with E-state index >= 15 is 0 Å². The van der Waals surface area contributed by atoms with Gasteiger partial charge in [-0.1, -0.05) is 49.6 Å². The van der Waals surface area contributed by atoms with Gasteiger partial charge in [-0.05, 0) is 25.8 Å². The zero-order valence-corrected chi connectivity index (χ0v) is 10.1.